The molecule has 1 aromatic heterocycles. The van der Waals surface area contributed by atoms with Crippen LogP contribution in [0, 0.1) is 9.39 Å². The van der Waals surface area contributed by atoms with E-state index in [4.69, 9.17) is 0 Å². The van der Waals surface area contributed by atoms with Crippen molar-refractivity contribution in [2.75, 3.05) is 6.54 Å². The molecule has 0 radical (unpaired) electrons. The minimum atomic E-state index is -0.146. The van der Waals surface area contributed by atoms with E-state index in [1.807, 2.05) is 6.07 Å². The topological polar surface area (TPSA) is 12.0 Å². The lowest BCUT2D eigenvalue weighted by Crippen LogP contribution is -2.12. The molecule has 4 heteroatoms. The average molecular weight is 375 g/mol. The first-order chi connectivity index (χ1) is 8.72. The van der Waals surface area contributed by atoms with Crippen LogP contribution in [0.5, 0.6) is 0 Å². The number of thiophene rings is 1. The van der Waals surface area contributed by atoms with Gasteiger partial charge in [-0.3, -0.25) is 0 Å². The van der Waals surface area contributed by atoms with Crippen molar-refractivity contribution in [3.63, 3.8) is 0 Å². The maximum absolute atomic E-state index is 13.5. The highest BCUT2D eigenvalue weighted by Gasteiger charge is 2.09. The number of hydrogen-bond donors (Lipinski definition) is 1. The molecule has 0 aliphatic carbocycles. The summed E-state index contributed by atoms with van der Waals surface area (Å²) in [7, 11) is 0. The van der Waals surface area contributed by atoms with E-state index >= 15 is 0 Å². The second-order valence-electron chi connectivity index (χ2n) is 4.04. The van der Waals surface area contributed by atoms with Gasteiger partial charge in [-0.25, -0.2) is 4.39 Å². The fraction of sp³-hybridized carbons (Fsp3) is 0.286. The van der Waals surface area contributed by atoms with Crippen molar-refractivity contribution in [2.45, 2.75) is 19.9 Å². The van der Waals surface area contributed by atoms with Gasteiger partial charge in [-0.2, -0.15) is 0 Å². The van der Waals surface area contributed by atoms with Gasteiger partial charge in [-0.05, 0) is 53.8 Å². The molecule has 0 aliphatic rings. The highest BCUT2D eigenvalue weighted by molar-refractivity contribution is 14.1. The van der Waals surface area contributed by atoms with Gasteiger partial charge in [0.2, 0.25) is 0 Å². The Morgan fingerprint density at radius 1 is 1.28 bits per heavy atom. The fourth-order valence-electron chi connectivity index (χ4n) is 1.70. The second kappa shape index (κ2) is 6.63. The van der Waals surface area contributed by atoms with Crippen molar-refractivity contribution < 1.29 is 4.39 Å². The van der Waals surface area contributed by atoms with Gasteiger partial charge in [0.25, 0.3) is 0 Å². The molecule has 1 nitrogen and oxygen atoms in total. The number of hydrogen-bond acceptors (Lipinski definition) is 2. The largest absolute Gasteiger partial charge is 0.312 e. The molecule has 18 heavy (non-hydrogen) atoms. The zero-order valence-corrected chi connectivity index (χ0v) is 13.1. The number of rotatable bonds is 5. The molecule has 0 aliphatic heterocycles. The normalized spacial score (nSPS) is 10.8. The van der Waals surface area contributed by atoms with Gasteiger partial charge in [0, 0.05) is 21.9 Å². The van der Waals surface area contributed by atoms with E-state index in [0.29, 0.717) is 3.57 Å². The van der Waals surface area contributed by atoms with Gasteiger partial charge in [0.15, 0.2) is 0 Å². The van der Waals surface area contributed by atoms with E-state index in [1.54, 1.807) is 17.4 Å². The lowest BCUT2D eigenvalue weighted by atomic mass is 10.2. The Hall–Kier alpha value is -0.460. The van der Waals surface area contributed by atoms with Crippen LogP contribution in [0.4, 0.5) is 4.39 Å². The van der Waals surface area contributed by atoms with Crippen LogP contribution in [-0.4, -0.2) is 6.54 Å². The zero-order valence-electron chi connectivity index (χ0n) is 10.2. The van der Waals surface area contributed by atoms with Crippen LogP contribution in [0.1, 0.15) is 18.2 Å². The molecule has 2 rings (SSSR count). The van der Waals surface area contributed by atoms with Crippen LogP contribution in [0.3, 0.4) is 0 Å². The standard InChI is InChI=1S/C14H15FINS/c1-2-8-17-9-10-6-7-13(18-10)11-4-3-5-12(15)14(11)16/h3-7,17H,2,8-9H2,1H3. The molecule has 1 aromatic carbocycles. The molecular formula is C14H15FINS. The van der Waals surface area contributed by atoms with Crippen molar-refractivity contribution in [3.8, 4) is 10.4 Å². The quantitative estimate of drug-likeness (QED) is 0.592. The molecule has 1 N–H and O–H groups in total. The lowest BCUT2D eigenvalue weighted by Gasteiger charge is -2.02. The predicted molar refractivity (Wildman–Crippen MR) is 84.4 cm³/mol. The lowest BCUT2D eigenvalue weighted by molar-refractivity contribution is 0.621. The fourth-order valence-corrected chi connectivity index (χ4v) is 3.54. The molecule has 0 unspecified atom stereocenters. The second-order valence-corrected chi connectivity index (χ2v) is 6.29. The summed E-state index contributed by atoms with van der Waals surface area (Å²) in [5, 5.41) is 3.38. The van der Waals surface area contributed by atoms with E-state index in [1.165, 1.54) is 10.9 Å². The first-order valence-corrected chi connectivity index (χ1v) is 7.85. The smallest absolute Gasteiger partial charge is 0.137 e. The van der Waals surface area contributed by atoms with Crippen LogP contribution >= 0.6 is 33.9 Å². The third kappa shape index (κ3) is 3.30. The molecule has 0 spiro atoms. The Morgan fingerprint density at radius 3 is 2.89 bits per heavy atom. The van der Waals surface area contributed by atoms with Crippen molar-refractivity contribution in [1.82, 2.24) is 5.32 Å². The van der Waals surface area contributed by atoms with Crippen molar-refractivity contribution >= 4 is 33.9 Å². The molecule has 0 atom stereocenters. The molecule has 2 aromatic rings. The third-order valence-corrected chi connectivity index (χ3v) is 4.82. The summed E-state index contributed by atoms with van der Waals surface area (Å²) < 4.78 is 14.2. The number of halogens is 2. The summed E-state index contributed by atoms with van der Waals surface area (Å²) in [5.41, 5.74) is 0.988. The van der Waals surface area contributed by atoms with Gasteiger partial charge in [0.1, 0.15) is 5.82 Å². The SMILES string of the molecule is CCCNCc1ccc(-c2cccc(F)c2I)s1. The maximum Gasteiger partial charge on any atom is 0.137 e. The average Bonchev–Trinajstić information content (AvgIpc) is 2.82. The summed E-state index contributed by atoms with van der Waals surface area (Å²) in [5.74, 6) is -0.146. The van der Waals surface area contributed by atoms with E-state index in [-0.39, 0.29) is 5.82 Å². The number of nitrogens with one attached hydrogen (secondary N) is 1. The van der Waals surface area contributed by atoms with E-state index in [9.17, 15) is 4.39 Å². The van der Waals surface area contributed by atoms with Crippen molar-refractivity contribution in [1.29, 1.82) is 0 Å². The van der Waals surface area contributed by atoms with Gasteiger partial charge < -0.3 is 5.32 Å². The summed E-state index contributed by atoms with van der Waals surface area (Å²) in [6, 6.07) is 9.43. The van der Waals surface area contributed by atoms with Gasteiger partial charge >= 0.3 is 0 Å². The van der Waals surface area contributed by atoms with Crippen LogP contribution in [-0.2, 0) is 6.54 Å². The zero-order chi connectivity index (χ0) is 13.0. The first kappa shape index (κ1) is 14.0. The van der Waals surface area contributed by atoms with Gasteiger partial charge in [-0.1, -0.05) is 19.1 Å². The van der Waals surface area contributed by atoms with Gasteiger partial charge in [0.05, 0.1) is 3.57 Å². The predicted octanol–water partition coefficient (Wildman–Crippen LogP) is 4.66. The molecule has 1 heterocycles. The molecule has 96 valence electrons. The Morgan fingerprint density at radius 2 is 2.11 bits per heavy atom. The summed E-state index contributed by atoms with van der Waals surface area (Å²) in [6.45, 7) is 4.08. The number of benzene rings is 1. The molecule has 0 amide bonds. The molecule has 0 bridgehead atoms. The van der Waals surface area contributed by atoms with E-state index in [2.05, 4.69) is 47.0 Å². The first-order valence-electron chi connectivity index (χ1n) is 5.96. The van der Waals surface area contributed by atoms with E-state index in [0.717, 1.165) is 30.0 Å². The highest BCUT2D eigenvalue weighted by atomic mass is 127. The molecule has 0 saturated carbocycles. The Balaban J connectivity index is 2.16. The monoisotopic (exact) mass is 375 g/mol. The van der Waals surface area contributed by atoms with Crippen molar-refractivity contribution in [3.05, 3.63) is 44.6 Å². The Bertz CT molecular complexity index is 524. The third-order valence-electron chi connectivity index (χ3n) is 2.60. The van der Waals surface area contributed by atoms with Crippen LogP contribution < -0.4 is 5.32 Å². The van der Waals surface area contributed by atoms with E-state index < -0.39 is 0 Å². The maximum atomic E-state index is 13.5. The molecular weight excluding hydrogens is 360 g/mol. The Labute approximate surface area is 125 Å². The van der Waals surface area contributed by atoms with Crippen LogP contribution in [0.25, 0.3) is 10.4 Å². The van der Waals surface area contributed by atoms with Gasteiger partial charge in [-0.15, -0.1) is 11.3 Å². The van der Waals surface area contributed by atoms with Crippen LogP contribution in [0.15, 0.2) is 30.3 Å². The summed E-state index contributed by atoms with van der Waals surface area (Å²) >= 11 is 3.79. The minimum absolute atomic E-state index is 0.146. The summed E-state index contributed by atoms with van der Waals surface area (Å²) in [4.78, 5) is 2.42. The van der Waals surface area contributed by atoms with Crippen molar-refractivity contribution in [2.24, 2.45) is 0 Å². The Kier molecular flexibility index (Phi) is 5.14. The highest BCUT2D eigenvalue weighted by Crippen LogP contribution is 2.32. The van der Waals surface area contributed by atoms with Crippen LogP contribution in [0.2, 0.25) is 0 Å². The summed E-state index contributed by atoms with van der Waals surface area (Å²) in [6.07, 6.45) is 1.14. The molecule has 0 saturated heterocycles. The minimum Gasteiger partial charge on any atom is -0.312 e. The molecule has 0 fully saturated rings.